The van der Waals surface area contributed by atoms with E-state index < -0.39 is 0 Å². The van der Waals surface area contributed by atoms with Crippen molar-refractivity contribution in [2.45, 2.75) is 52.4 Å². The minimum absolute atomic E-state index is 0.522. The van der Waals surface area contributed by atoms with Crippen molar-refractivity contribution in [2.75, 3.05) is 159 Å². The lowest BCUT2D eigenvalue weighted by molar-refractivity contribution is -0.0282. The summed E-state index contributed by atoms with van der Waals surface area (Å²) in [5, 5.41) is 0. The molecule has 0 fully saturated rings. The van der Waals surface area contributed by atoms with Gasteiger partial charge in [0.2, 0.25) is 0 Å². The quantitative estimate of drug-likeness (QED) is 0.0910. The van der Waals surface area contributed by atoms with Crippen molar-refractivity contribution in [3.63, 3.8) is 0 Å². The second-order valence-corrected chi connectivity index (χ2v) is 9.70. The second-order valence-electron chi connectivity index (χ2n) is 9.70. The van der Waals surface area contributed by atoms with Gasteiger partial charge in [0.05, 0.1) is 145 Å². The molecule has 0 aliphatic rings. The molecule has 44 heavy (non-hydrogen) atoms. The highest BCUT2D eigenvalue weighted by Crippen LogP contribution is 2.04. The lowest BCUT2D eigenvalue weighted by Gasteiger charge is -2.09. The molecule has 12 heteroatoms. The van der Waals surface area contributed by atoms with Crippen LogP contribution in [0.25, 0.3) is 0 Å². The molecule has 0 bridgehead atoms. The number of hydrogen-bond acceptors (Lipinski definition) is 12. The van der Waals surface area contributed by atoms with E-state index in [1.54, 1.807) is 0 Å². The maximum atomic E-state index is 5.58. The maximum Gasteiger partial charge on any atom is 0.0701 e. The molecular formula is C32H66O12. The van der Waals surface area contributed by atoms with Crippen molar-refractivity contribution < 1.29 is 56.8 Å². The smallest absolute Gasteiger partial charge is 0.0701 e. The van der Waals surface area contributed by atoms with Crippen molar-refractivity contribution in [1.82, 2.24) is 0 Å². The van der Waals surface area contributed by atoms with Gasteiger partial charge >= 0.3 is 0 Å². The molecule has 0 atom stereocenters. The number of ether oxygens (including phenoxy) is 12. The molecule has 12 nitrogen and oxygen atoms in total. The number of unbranched alkanes of at least 4 members (excludes halogenated alkanes) is 5. The molecule has 0 aromatic rings. The highest BCUT2D eigenvalue weighted by atomic mass is 16.6. The van der Waals surface area contributed by atoms with Gasteiger partial charge in [-0.15, -0.1) is 0 Å². The molecule has 266 valence electrons. The average molecular weight is 643 g/mol. The molecule has 0 saturated carbocycles. The van der Waals surface area contributed by atoms with Crippen molar-refractivity contribution in [2.24, 2.45) is 0 Å². The summed E-state index contributed by atoms with van der Waals surface area (Å²) in [5.41, 5.74) is 0. The zero-order valence-corrected chi connectivity index (χ0v) is 28.1. The summed E-state index contributed by atoms with van der Waals surface area (Å²) in [4.78, 5) is 0. The molecule has 0 radical (unpaired) electrons. The Morgan fingerprint density at radius 3 is 0.659 bits per heavy atom. The number of rotatable bonds is 41. The van der Waals surface area contributed by atoms with Crippen LogP contribution in [0.1, 0.15) is 52.4 Å². The molecule has 0 spiro atoms. The Morgan fingerprint density at radius 2 is 0.409 bits per heavy atom. The lowest BCUT2D eigenvalue weighted by Crippen LogP contribution is -2.15. The van der Waals surface area contributed by atoms with Crippen molar-refractivity contribution >= 4 is 0 Å². The van der Waals surface area contributed by atoms with Crippen LogP contribution in [0.15, 0.2) is 0 Å². The Balaban J connectivity index is 3.03. The Labute approximate surface area is 267 Å². The summed E-state index contributed by atoms with van der Waals surface area (Å²) in [7, 11) is 0. The first-order valence-corrected chi connectivity index (χ1v) is 16.8. The minimum atomic E-state index is 0.522. The third kappa shape index (κ3) is 41.5. The summed E-state index contributed by atoms with van der Waals surface area (Å²) in [6, 6.07) is 0. The van der Waals surface area contributed by atoms with Crippen LogP contribution in [0.3, 0.4) is 0 Å². The summed E-state index contributed by atoms with van der Waals surface area (Å²) >= 11 is 0. The Kier molecular flexibility index (Phi) is 42.1. The van der Waals surface area contributed by atoms with Crippen LogP contribution < -0.4 is 0 Å². The molecule has 0 aromatic heterocycles. The van der Waals surface area contributed by atoms with Crippen LogP contribution in [-0.4, -0.2) is 159 Å². The van der Waals surface area contributed by atoms with E-state index in [1.165, 1.54) is 32.1 Å². The van der Waals surface area contributed by atoms with Gasteiger partial charge in [0.1, 0.15) is 0 Å². The summed E-state index contributed by atoms with van der Waals surface area (Å²) < 4.78 is 65.4. The zero-order valence-electron chi connectivity index (χ0n) is 28.1. The van der Waals surface area contributed by atoms with Gasteiger partial charge in [-0.25, -0.2) is 0 Å². The first kappa shape index (κ1) is 43.5. The van der Waals surface area contributed by atoms with Crippen LogP contribution in [0.5, 0.6) is 0 Å². The normalized spacial score (nSPS) is 11.6. The Bertz CT molecular complexity index is 448. The largest absolute Gasteiger partial charge is 0.379 e. The SMILES string of the molecule is CCCCCCCCOCCOCCOCCOCCOCCOCCOCCOCCOCCOCCOCCOCC. The van der Waals surface area contributed by atoms with Gasteiger partial charge in [0, 0.05) is 13.2 Å². The van der Waals surface area contributed by atoms with E-state index >= 15 is 0 Å². The fourth-order valence-corrected chi connectivity index (χ4v) is 3.55. The fourth-order valence-electron chi connectivity index (χ4n) is 3.55. The van der Waals surface area contributed by atoms with E-state index in [0.29, 0.717) is 152 Å². The van der Waals surface area contributed by atoms with Crippen molar-refractivity contribution in [1.29, 1.82) is 0 Å². The molecule has 0 aliphatic carbocycles. The van der Waals surface area contributed by atoms with E-state index in [9.17, 15) is 0 Å². The van der Waals surface area contributed by atoms with Crippen LogP contribution in [0.4, 0.5) is 0 Å². The van der Waals surface area contributed by atoms with Gasteiger partial charge in [-0.05, 0) is 13.3 Å². The molecule has 0 aromatic carbocycles. The molecule has 0 N–H and O–H groups in total. The molecular weight excluding hydrogens is 576 g/mol. The van der Waals surface area contributed by atoms with Gasteiger partial charge in [-0.1, -0.05) is 39.0 Å². The fraction of sp³-hybridized carbons (Fsp3) is 1.00. The maximum absolute atomic E-state index is 5.58. The van der Waals surface area contributed by atoms with Crippen LogP contribution in [-0.2, 0) is 56.8 Å². The summed E-state index contributed by atoms with van der Waals surface area (Å²) in [6.45, 7) is 17.9. The van der Waals surface area contributed by atoms with Gasteiger partial charge in [-0.3, -0.25) is 0 Å². The highest BCUT2D eigenvalue weighted by Gasteiger charge is 1.97. The monoisotopic (exact) mass is 642 g/mol. The first-order valence-electron chi connectivity index (χ1n) is 16.8. The highest BCUT2D eigenvalue weighted by molar-refractivity contribution is 4.44. The van der Waals surface area contributed by atoms with Crippen LogP contribution >= 0.6 is 0 Å². The van der Waals surface area contributed by atoms with E-state index in [0.717, 1.165) is 13.0 Å². The molecule has 0 rings (SSSR count). The topological polar surface area (TPSA) is 111 Å². The Hall–Kier alpha value is -0.480. The molecule has 0 amide bonds. The van der Waals surface area contributed by atoms with E-state index in [4.69, 9.17) is 56.8 Å². The van der Waals surface area contributed by atoms with Crippen LogP contribution in [0.2, 0.25) is 0 Å². The Morgan fingerprint density at radius 1 is 0.205 bits per heavy atom. The van der Waals surface area contributed by atoms with E-state index in [2.05, 4.69) is 6.92 Å². The third-order valence-corrected chi connectivity index (χ3v) is 5.94. The van der Waals surface area contributed by atoms with Gasteiger partial charge in [-0.2, -0.15) is 0 Å². The average Bonchev–Trinajstić information content (AvgIpc) is 3.04. The summed E-state index contributed by atoms with van der Waals surface area (Å²) in [6.07, 6.45) is 7.69. The van der Waals surface area contributed by atoms with Gasteiger partial charge < -0.3 is 56.8 Å². The van der Waals surface area contributed by atoms with E-state index in [-0.39, 0.29) is 0 Å². The summed E-state index contributed by atoms with van der Waals surface area (Å²) in [5.74, 6) is 0. The predicted octanol–water partition coefficient (Wildman–Crippen LogP) is 3.57. The van der Waals surface area contributed by atoms with Crippen molar-refractivity contribution in [3.05, 3.63) is 0 Å². The molecule has 0 aliphatic heterocycles. The van der Waals surface area contributed by atoms with E-state index in [1.807, 2.05) is 6.92 Å². The molecule has 0 unspecified atom stereocenters. The predicted molar refractivity (Wildman–Crippen MR) is 169 cm³/mol. The van der Waals surface area contributed by atoms with Gasteiger partial charge in [0.15, 0.2) is 0 Å². The third-order valence-electron chi connectivity index (χ3n) is 5.94. The van der Waals surface area contributed by atoms with Gasteiger partial charge in [0.25, 0.3) is 0 Å². The zero-order chi connectivity index (χ0) is 31.7. The lowest BCUT2D eigenvalue weighted by atomic mass is 10.1. The number of hydrogen-bond donors (Lipinski definition) is 0. The molecule has 0 saturated heterocycles. The minimum Gasteiger partial charge on any atom is -0.379 e. The van der Waals surface area contributed by atoms with Crippen molar-refractivity contribution in [3.8, 4) is 0 Å². The second kappa shape index (κ2) is 42.5. The molecule has 0 heterocycles. The van der Waals surface area contributed by atoms with Crippen LogP contribution in [0, 0.1) is 0 Å². The first-order chi connectivity index (χ1) is 21.9. The standard InChI is InChI=1S/C32H66O12/c1-3-5-6-7-8-9-10-34-13-14-36-17-18-38-21-22-40-25-26-42-29-30-44-32-31-43-28-27-41-24-23-39-20-19-37-16-15-35-12-11-33-4-2/h3-32H2,1-2H3.